The van der Waals surface area contributed by atoms with Gasteiger partial charge in [0.25, 0.3) is 6.36 Å². The highest BCUT2D eigenvalue weighted by Gasteiger charge is 2.16. The molecule has 4 heteroatoms. The highest BCUT2D eigenvalue weighted by molar-refractivity contribution is 5.68. The van der Waals surface area contributed by atoms with E-state index in [-0.39, 0.29) is 6.42 Å². The summed E-state index contributed by atoms with van der Waals surface area (Å²) in [5.74, 6) is -0.645. The molecule has 0 saturated heterocycles. The number of hydrogen-bond donors (Lipinski definition) is 1. The van der Waals surface area contributed by atoms with Gasteiger partial charge < -0.3 is 9.84 Å². The molecule has 0 fully saturated rings. The lowest BCUT2D eigenvalue weighted by Gasteiger charge is -2.10. The van der Waals surface area contributed by atoms with Crippen LogP contribution in [-0.4, -0.2) is 23.5 Å². The normalized spacial score (nSPS) is 16.0. The number of hydrogen-bond acceptors (Lipinski definition) is 3. The Hall–Kier alpha value is -0.640. The first-order valence-electron chi connectivity index (χ1n) is 3.09. The summed E-state index contributed by atoms with van der Waals surface area (Å²) in [6, 6.07) is 0. The molecule has 2 atom stereocenters. The van der Waals surface area contributed by atoms with Crippen molar-refractivity contribution < 1.29 is 19.0 Å². The molecule has 0 spiro atoms. The third kappa shape index (κ3) is 3.40. The van der Waals surface area contributed by atoms with Crippen molar-refractivity contribution in [3.05, 3.63) is 0 Å². The highest BCUT2D eigenvalue weighted by Crippen LogP contribution is 2.01. The van der Waals surface area contributed by atoms with Crippen LogP contribution in [0.2, 0.25) is 0 Å². The van der Waals surface area contributed by atoms with Crippen molar-refractivity contribution in [2.45, 2.75) is 32.7 Å². The van der Waals surface area contributed by atoms with Crippen LogP contribution in [0.15, 0.2) is 0 Å². The van der Waals surface area contributed by atoms with E-state index in [1.165, 1.54) is 6.92 Å². The van der Waals surface area contributed by atoms with Crippen molar-refractivity contribution in [1.82, 2.24) is 0 Å². The van der Waals surface area contributed by atoms with Gasteiger partial charge in [0.1, 0.15) is 6.10 Å². The average Bonchev–Trinajstić information content (AvgIpc) is 1.87. The fraction of sp³-hybridized carbons (Fsp3) is 0.833. The summed E-state index contributed by atoms with van der Waals surface area (Å²) in [6.45, 7) is 2.77. The van der Waals surface area contributed by atoms with E-state index in [9.17, 15) is 9.18 Å². The van der Waals surface area contributed by atoms with Gasteiger partial charge in [-0.25, -0.2) is 0 Å². The molecule has 0 aromatic rings. The molecule has 0 rings (SSSR count). The maximum Gasteiger partial charge on any atom is 0.308 e. The van der Waals surface area contributed by atoms with Crippen LogP contribution in [0.1, 0.15) is 20.3 Å². The van der Waals surface area contributed by atoms with E-state index in [0.29, 0.717) is 0 Å². The van der Waals surface area contributed by atoms with Gasteiger partial charge in [-0.05, 0) is 6.92 Å². The molecule has 10 heavy (non-hydrogen) atoms. The van der Waals surface area contributed by atoms with E-state index in [2.05, 4.69) is 4.74 Å². The van der Waals surface area contributed by atoms with Crippen LogP contribution in [0.25, 0.3) is 0 Å². The van der Waals surface area contributed by atoms with Gasteiger partial charge in [0.15, 0.2) is 0 Å². The number of alkyl halides is 1. The molecule has 1 N–H and O–H groups in total. The number of aliphatic hydroxyl groups is 1. The summed E-state index contributed by atoms with van der Waals surface area (Å²) in [5, 5.41) is 8.51. The van der Waals surface area contributed by atoms with Crippen LogP contribution in [0.5, 0.6) is 0 Å². The largest absolute Gasteiger partial charge is 0.428 e. The summed E-state index contributed by atoms with van der Waals surface area (Å²) in [4.78, 5) is 10.4. The summed E-state index contributed by atoms with van der Waals surface area (Å²) < 4.78 is 16.4. The monoisotopic (exact) mass is 150 g/mol. The van der Waals surface area contributed by atoms with Gasteiger partial charge in [0.05, 0.1) is 0 Å². The molecule has 0 aromatic heterocycles. The fourth-order valence-electron chi connectivity index (χ4n) is 0.307. The Morgan fingerprint density at radius 3 is 2.60 bits per heavy atom. The molecule has 0 aliphatic carbocycles. The zero-order chi connectivity index (χ0) is 8.15. The number of halogens is 1. The summed E-state index contributed by atoms with van der Waals surface area (Å²) >= 11 is 0. The first-order chi connectivity index (χ1) is 4.57. The average molecular weight is 150 g/mol. The zero-order valence-electron chi connectivity index (χ0n) is 6.00. The topological polar surface area (TPSA) is 46.5 Å². The van der Waals surface area contributed by atoms with E-state index in [4.69, 9.17) is 5.11 Å². The second-order valence-corrected chi connectivity index (χ2v) is 1.94. The molecular formula is C6H11FO3. The van der Waals surface area contributed by atoms with Crippen LogP contribution in [0, 0.1) is 0 Å². The maximum atomic E-state index is 12.3. The zero-order valence-corrected chi connectivity index (χ0v) is 6.00. The summed E-state index contributed by atoms with van der Waals surface area (Å²) in [5.41, 5.74) is 0. The van der Waals surface area contributed by atoms with Gasteiger partial charge >= 0.3 is 5.97 Å². The Balaban J connectivity index is 3.57. The number of carbonyl (C=O) groups is 1. The van der Waals surface area contributed by atoms with Gasteiger partial charge in [-0.3, -0.25) is 4.79 Å². The molecular weight excluding hydrogens is 139 g/mol. The summed E-state index contributed by atoms with van der Waals surface area (Å²) in [6.07, 6.45) is -3.03. The van der Waals surface area contributed by atoms with Crippen LogP contribution in [0.4, 0.5) is 4.39 Å². The number of carbonyl (C=O) groups excluding carboxylic acids is 1. The van der Waals surface area contributed by atoms with Crippen molar-refractivity contribution >= 4 is 5.97 Å². The molecule has 0 aliphatic heterocycles. The van der Waals surface area contributed by atoms with Crippen LogP contribution < -0.4 is 0 Å². The minimum atomic E-state index is -1.90. The SMILES string of the molecule is CCC(=O)OC(F)C(C)O. The molecule has 0 saturated carbocycles. The van der Waals surface area contributed by atoms with Gasteiger partial charge in [0.2, 0.25) is 0 Å². The Morgan fingerprint density at radius 1 is 1.80 bits per heavy atom. The van der Waals surface area contributed by atoms with Gasteiger partial charge in [-0.2, -0.15) is 4.39 Å². The van der Waals surface area contributed by atoms with Gasteiger partial charge in [-0.15, -0.1) is 0 Å². The molecule has 60 valence electrons. The Morgan fingerprint density at radius 2 is 2.30 bits per heavy atom. The van der Waals surface area contributed by atoms with Crippen LogP contribution in [-0.2, 0) is 9.53 Å². The second kappa shape index (κ2) is 4.22. The number of esters is 1. The Kier molecular flexibility index (Phi) is 3.95. The van der Waals surface area contributed by atoms with Crippen molar-refractivity contribution in [2.24, 2.45) is 0 Å². The van der Waals surface area contributed by atoms with Crippen LogP contribution in [0.3, 0.4) is 0 Å². The lowest BCUT2D eigenvalue weighted by Crippen LogP contribution is -2.24. The first kappa shape index (κ1) is 9.36. The molecule has 3 nitrogen and oxygen atoms in total. The lowest BCUT2D eigenvalue weighted by atomic mass is 10.4. The van der Waals surface area contributed by atoms with Crippen LogP contribution >= 0.6 is 0 Å². The van der Waals surface area contributed by atoms with Gasteiger partial charge in [0, 0.05) is 6.42 Å². The van der Waals surface area contributed by atoms with E-state index >= 15 is 0 Å². The van der Waals surface area contributed by atoms with E-state index in [0.717, 1.165) is 0 Å². The summed E-state index contributed by atoms with van der Waals surface area (Å²) in [7, 11) is 0. The number of ether oxygens (including phenoxy) is 1. The molecule has 0 radical (unpaired) electrons. The van der Waals surface area contributed by atoms with E-state index in [1.54, 1.807) is 6.92 Å². The van der Waals surface area contributed by atoms with Gasteiger partial charge in [-0.1, -0.05) is 6.92 Å². The van der Waals surface area contributed by atoms with E-state index < -0.39 is 18.4 Å². The Labute approximate surface area is 58.8 Å². The molecule has 0 aromatic carbocycles. The van der Waals surface area contributed by atoms with Crippen molar-refractivity contribution in [3.63, 3.8) is 0 Å². The molecule has 0 aliphatic rings. The predicted octanol–water partition coefficient (Wildman–Crippen LogP) is 0.616. The van der Waals surface area contributed by atoms with Crippen molar-refractivity contribution in [2.75, 3.05) is 0 Å². The number of rotatable bonds is 3. The lowest BCUT2D eigenvalue weighted by molar-refractivity contribution is -0.167. The third-order valence-corrected chi connectivity index (χ3v) is 0.912. The smallest absolute Gasteiger partial charge is 0.308 e. The molecule has 0 bridgehead atoms. The Bertz CT molecular complexity index is 114. The van der Waals surface area contributed by atoms with Crippen molar-refractivity contribution in [1.29, 1.82) is 0 Å². The predicted molar refractivity (Wildman–Crippen MR) is 33.0 cm³/mol. The molecule has 2 unspecified atom stereocenters. The number of aliphatic hydroxyl groups excluding tert-OH is 1. The minimum Gasteiger partial charge on any atom is -0.428 e. The third-order valence-electron chi connectivity index (χ3n) is 0.912. The second-order valence-electron chi connectivity index (χ2n) is 1.94. The first-order valence-corrected chi connectivity index (χ1v) is 3.09. The maximum absolute atomic E-state index is 12.3. The molecule has 0 heterocycles. The van der Waals surface area contributed by atoms with Crippen molar-refractivity contribution in [3.8, 4) is 0 Å². The molecule has 0 amide bonds. The highest BCUT2D eigenvalue weighted by atomic mass is 19.1. The quantitative estimate of drug-likeness (QED) is 0.600. The fourth-order valence-corrected chi connectivity index (χ4v) is 0.307. The standard InChI is InChI=1S/C6H11FO3/c1-3-5(9)10-6(7)4(2)8/h4,6,8H,3H2,1-2H3. The minimum absolute atomic E-state index is 0.118. The van der Waals surface area contributed by atoms with E-state index in [1.807, 2.05) is 0 Å².